The van der Waals surface area contributed by atoms with Gasteiger partial charge in [0.2, 0.25) is 0 Å². The number of nitrogens with zero attached hydrogens (tertiary/aromatic N) is 2. The Morgan fingerprint density at radius 1 is 1.29 bits per heavy atom. The fraction of sp³-hybridized carbons (Fsp3) is 0.765. The number of aromatic nitrogens is 2. The van der Waals surface area contributed by atoms with E-state index in [2.05, 4.69) is 10.2 Å². The van der Waals surface area contributed by atoms with E-state index in [9.17, 15) is 18.7 Å². The van der Waals surface area contributed by atoms with Gasteiger partial charge < -0.3 is 10.0 Å². The van der Waals surface area contributed by atoms with E-state index in [1.165, 1.54) is 4.90 Å². The standard InChI is InChI=1S/C17H25F2N3O2/c1-11-14(12(2)21-20-11)13-7-4-3-5-10-22(13)15(23)17(18,19)16(24)8-6-9-16/h13,24H,3-10H2,1-2H3,(H,20,21). The molecule has 1 aromatic rings. The van der Waals surface area contributed by atoms with Crippen LogP contribution in [0.5, 0.6) is 0 Å². The number of aromatic amines is 1. The van der Waals surface area contributed by atoms with Crippen LogP contribution in [0.25, 0.3) is 0 Å². The SMILES string of the molecule is Cc1n[nH]c(C)c1C1CCCCCN1C(=O)C(F)(F)C1(O)CCC1. The monoisotopic (exact) mass is 341 g/mol. The van der Waals surface area contributed by atoms with Crippen molar-refractivity contribution < 1.29 is 18.7 Å². The number of carbonyl (C=O) groups is 1. The number of aryl methyl sites for hydroxylation is 2. The highest BCUT2D eigenvalue weighted by molar-refractivity contribution is 5.85. The molecular weight excluding hydrogens is 316 g/mol. The molecule has 5 nitrogen and oxygen atoms in total. The third-order valence-corrected chi connectivity index (χ3v) is 5.57. The number of rotatable bonds is 3. The van der Waals surface area contributed by atoms with Crippen molar-refractivity contribution in [3.8, 4) is 0 Å². The lowest BCUT2D eigenvalue weighted by molar-refractivity contribution is -0.225. The zero-order valence-corrected chi connectivity index (χ0v) is 14.2. The largest absolute Gasteiger partial charge is 0.383 e. The smallest absolute Gasteiger partial charge is 0.352 e. The number of alkyl halides is 2. The molecule has 1 aromatic heterocycles. The molecule has 1 saturated heterocycles. The second-order valence-corrected chi connectivity index (χ2v) is 7.17. The molecular formula is C17H25F2N3O2. The summed E-state index contributed by atoms with van der Waals surface area (Å²) in [5.41, 5.74) is 0.203. The summed E-state index contributed by atoms with van der Waals surface area (Å²) < 4.78 is 29.4. The first-order valence-electron chi connectivity index (χ1n) is 8.70. The Morgan fingerprint density at radius 3 is 2.54 bits per heavy atom. The first kappa shape index (κ1) is 17.3. The van der Waals surface area contributed by atoms with Crippen LogP contribution in [0.3, 0.4) is 0 Å². The van der Waals surface area contributed by atoms with Crippen molar-refractivity contribution in [2.24, 2.45) is 0 Å². The number of hydrogen-bond acceptors (Lipinski definition) is 3. The third-order valence-electron chi connectivity index (χ3n) is 5.57. The molecule has 2 N–H and O–H groups in total. The van der Waals surface area contributed by atoms with Gasteiger partial charge in [-0.1, -0.05) is 12.8 Å². The number of likely N-dealkylation sites (tertiary alicyclic amines) is 1. The lowest BCUT2D eigenvalue weighted by Gasteiger charge is -2.44. The molecule has 1 saturated carbocycles. The second kappa shape index (κ2) is 6.10. The highest BCUT2D eigenvalue weighted by Gasteiger charge is 2.62. The Labute approximate surface area is 140 Å². The predicted molar refractivity (Wildman–Crippen MR) is 84.7 cm³/mol. The number of amides is 1. The van der Waals surface area contributed by atoms with Crippen LogP contribution >= 0.6 is 0 Å². The summed E-state index contributed by atoms with van der Waals surface area (Å²) >= 11 is 0. The zero-order chi connectivity index (χ0) is 17.5. The first-order chi connectivity index (χ1) is 11.3. The molecule has 1 unspecified atom stereocenters. The van der Waals surface area contributed by atoms with Crippen molar-refractivity contribution in [1.29, 1.82) is 0 Å². The Hall–Kier alpha value is -1.50. The minimum absolute atomic E-state index is 0.0198. The Bertz CT molecular complexity index is 606. The maximum absolute atomic E-state index is 14.7. The summed E-state index contributed by atoms with van der Waals surface area (Å²) in [4.78, 5) is 14.0. The van der Waals surface area contributed by atoms with Crippen molar-refractivity contribution in [3.63, 3.8) is 0 Å². The van der Waals surface area contributed by atoms with Crippen LogP contribution in [0.1, 0.15) is 67.9 Å². The fourth-order valence-electron chi connectivity index (χ4n) is 3.91. The first-order valence-corrected chi connectivity index (χ1v) is 8.70. The second-order valence-electron chi connectivity index (χ2n) is 7.17. The number of nitrogens with one attached hydrogen (secondary N) is 1. The van der Waals surface area contributed by atoms with E-state index in [1.54, 1.807) is 0 Å². The van der Waals surface area contributed by atoms with Crippen LogP contribution in [0, 0.1) is 13.8 Å². The molecule has 1 aliphatic heterocycles. The highest BCUT2D eigenvalue weighted by atomic mass is 19.3. The van der Waals surface area contributed by atoms with Crippen molar-refractivity contribution in [1.82, 2.24) is 15.1 Å². The van der Waals surface area contributed by atoms with E-state index in [4.69, 9.17) is 0 Å². The molecule has 1 atom stereocenters. The van der Waals surface area contributed by atoms with Gasteiger partial charge in [0.05, 0.1) is 11.7 Å². The van der Waals surface area contributed by atoms with Gasteiger partial charge in [0.1, 0.15) is 5.60 Å². The normalized spacial score (nSPS) is 24.4. The molecule has 7 heteroatoms. The molecule has 3 rings (SSSR count). The van der Waals surface area contributed by atoms with Crippen LogP contribution < -0.4 is 0 Å². The highest BCUT2D eigenvalue weighted by Crippen LogP contribution is 2.46. The van der Waals surface area contributed by atoms with Gasteiger partial charge >= 0.3 is 5.92 Å². The molecule has 134 valence electrons. The summed E-state index contributed by atoms with van der Waals surface area (Å²) in [5.74, 6) is -4.98. The number of carbonyl (C=O) groups excluding carboxylic acids is 1. The maximum atomic E-state index is 14.7. The van der Waals surface area contributed by atoms with Crippen molar-refractivity contribution >= 4 is 5.91 Å². The average Bonchev–Trinajstić information content (AvgIpc) is 2.72. The van der Waals surface area contributed by atoms with Gasteiger partial charge in [0.15, 0.2) is 0 Å². The molecule has 2 heterocycles. The molecule has 2 fully saturated rings. The van der Waals surface area contributed by atoms with E-state index in [1.807, 2.05) is 13.8 Å². The number of halogens is 2. The van der Waals surface area contributed by atoms with Crippen LogP contribution in [0.15, 0.2) is 0 Å². The Morgan fingerprint density at radius 2 is 2.00 bits per heavy atom. The summed E-state index contributed by atoms with van der Waals surface area (Å²) in [6, 6.07) is -0.409. The molecule has 0 bridgehead atoms. The summed E-state index contributed by atoms with van der Waals surface area (Å²) in [6.45, 7) is 3.96. The molecule has 1 amide bonds. The number of H-pyrrole nitrogens is 1. The van der Waals surface area contributed by atoms with Crippen molar-refractivity contribution in [2.45, 2.75) is 76.4 Å². The fourth-order valence-corrected chi connectivity index (χ4v) is 3.91. The molecule has 1 aliphatic carbocycles. The van der Waals surface area contributed by atoms with Gasteiger partial charge in [0, 0.05) is 17.8 Å². The lowest BCUT2D eigenvalue weighted by Crippen LogP contribution is -2.61. The molecule has 0 radical (unpaired) electrons. The molecule has 0 aromatic carbocycles. The summed E-state index contributed by atoms with van der Waals surface area (Å²) in [6.07, 6.45) is 3.62. The Kier molecular flexibility index (Phi) is 4.40. The van der Waals surface area contributed by atoms with Gasteiger partial charge in [-0.25, -0.2) is 0 Å². The zero-order valence-electron chi connectivity index (χ0n) is 14.2. The third kappa shape index (κ3) is 2.62. The van der Waals surface area contributed by atoms with E-state index < -0.39 is 23.5 Å². The van der Waals surface area contributed by atoms with Crippen molar-refractivity contribution in [2.75, 3.05) is 6.54 Å². The molecule has 2 aliphatic rings. The predicted octanol–water partition coefficient (Wildman–Crippen LogP) is 3.02. The molecule has 24 heavy (non-hydrogen) atoms. The average molecular weight is 341 g/mol. The van der Waals surface area contributed by atoms with Gasteiger partial charge in [-0.2, -0.15) is 13.9 Å². The van der Waals surface area contributed by atoms with Gasteiger partial charge in [-0.3, -0.25) is 9.89 Å². The van der Waals surface area contributed by atoms with Crippen LogP contribution in [-0.2, 0) is 4.79 Å². The van der Waals surface area contributed by atoms with E-state index in [0.29, 0.717) is 25.8 Å². The van der Waals surface area contributed by atoms with Crippen molar-refractivity contribution in [3.05, 3.63) is 17.0 Å². The minimum atomic E-state index is -3.74. The van der Waals surface area contributed by atoms with Crippen LogP contribution in [0.2, 0.25) is 0 Å². The van der Waals surface area contributed by atoms with Crippen LogP contribution in [0.4, 0.5) is 8.78 Å². The van der Waals surface area contributed by atoms with Gasteiger partial charge in [-0.05, 0) is 46.0 Å². The Balaban J connectivity index is 1.94. The van der Waals surface area contributed by atoms with Crippen LogP contribution in [-0.4, -0.2) is 44.2 Å². The summed E-state index contributed by atoms with van der Waals surface area (Å²) in [7, 11) is 0. The van der Waals surface area contributed by atoms with E-state index in [0.717, 1.165) is 29.8 Å². The summed E-state index contributed by atoms with van der Waals surface area (Å²) in [5, 5.41) is 17.2. The maximum Gasteiger partial charge on any atom is 0.352 e. The van der Waals surface area contributed by atoms with Gasteiger partial charge in [-0.15, -0.1) is 0 Å². The topological polar surface area (TPSA) is 69.2 Å². The number of hydrogen-bond donors (Lipinski definition) is 2. The van der Waals surface area contributed by atoms with E-state index >= 15 is 0 Å². The molecule has 0 spiro atoms. The van der Waals surface area contributed by atoms with Gasteiger partial charge in [0.25, 0.3) is 5.91 Å². The number of aliphatic hydroxyl groups is 1. The van der Waals surface area contributed by atoms with E-state index in [-0.39, 0.29) is 12.8 Å². The lowest BCUT2D eigenvalue weighted by atomic mass is 9.74. The minimum Gasteiger partial charge on any atom is -0.383 e. The quantitative estimate of drug-likeness (QED) is 0.888.